The summed E-state index contributed by atoms with van der Waals surface area (Å²) in [7, 11) is -8.27. The van der Waals surface area contributed by atoms with Gasteiger partial charge in [-0.25, -0.2) is 16.8 Å². The molecule has 0 amide bonds. The van der Waals surface area contributed by atoms with Crippen molar-refractivity contribution in [2.45, 2.75) is 43.9 Å². The van der Waals surface area contributed by atoms with Crippen LogP contribution in [0.1, 0.15) is 44.6 Å². The number of allylic oxidation sites excluding steroid dienone is 2. The number of carbonyl (C=O) groups is 1. The molecule has 1 unspecified atom stereocenters. The molecule has 0 spiro atoms. The Morgan fingerprint density at radius 2 is 1.81 bits per heavy atom. The normalized spacial score (nSPS) is 18.1. The van der Waals surface area contributed by atoms with Gasteiger partial charge in [-0.05, 0) is 43.2 Å². The Morgan fingerprint density at radius 3 is 2.28 bits per heavy atom. The van der Waals surface area contributed by atoms with Crippen molar-refractivity contribution in [3.8, 4) is 0 Å². The molecule has 0 radical (unpaired) electrons. The summed E-state index contributed by atoms with van der Waals surface area (Å²) in [5, 5.41) is 14.6. The summed E-state index contributed by atoms with van der Waals surface area (Å²) in [5.41, 5.74) is 1.06. The van der Waals surface area contributed by atoms with Crippen LogP contribution in [0.3, 0.4) is 0 Å². The second-order valence-corrected chi connectivity index (χ2v) is 12.1. The summed E-state index contributed by atoms with van der Waals surface area (Å²) in [6, 6.07) is 4.79. The summed E-state index contributed by atoms with van der Waals surface area (Å²) >= 11 is 1.20. The summed E-state index contributed by atoms with van der Waals surface area (Å²) in [4.78, 5) is 18.3. The van der Waals surface area contributed by atoms with E-state index >= 15 is 0 Å². The molecule has 1 N–H and O–H groups in total. The van der Waals surface area contributed by atoms with E-state index in [1.165, 1.54) is 17.8 Å². The standard InChI is InChI=1S/C20H28N2O7S3/c1-6-15(21-29-7-2)20-17(23)11-14(12-18(20)24)13-8-9-19(30-3)16(10-13)22(31(4,25)26)32(5,27)28/h8-10,14,23H,6-7,11-12H2,1-5H3. The van der Waals surface area contributed by atoms with Crippen LogP contribution in [0.2, 0.25) is 0 Å². The monoisotopic (exact) mass is 504 g/mol. The van der Waals surface area contributed by atoms with Gasteiger partial charge in [0.05, 0.1) is 29.5 Å². The number of sulfonamides is 2. The van der Waals surface area contributed by atoms with Crippen LogP contribution in [-0.4, -0.2) is 58.8 Å². The fourth-order valence-corrected chi connectivity index (χ4v) is 7.26. The lowest BCUT2D eigenvalue weighted by molar-refractivity contribution is -0.116. The van der Waals surface area contributed by atoms with Gasteiger partial charge in [0.1, 0.15) is 12.4 Å². The fraction of sp³-hybridized carbons (Fsp3) is 0.500. The van der Waals surface area contributed by atoms with E-state index in [4.69, 9.17) is 4.84 Å². The van der Waals surface area contributed by atoms with Crippen LogP contribution >= 0.6 is 11.8 Å². The minimum atomic E-state index is -4.13. The number of aliphatic hydroxyl groups is 1. The van der Waals surface area contributed by atoms with E-state index in [1.54, 1.807) is 32.2 Å². The Balaban J connectivity index is 2.55. The zero-order valence-electron chi connectivity index (χ0n) is 18.7. The summed E-state index contributed by atoms with van der Waals surface area (Å²) in [6.07, 6.45) is 3.93. The number of oxime groups is 1. The number of benzene rings is 1. The van der Waals surface area contributed by atoms with Crippen LogP contribution in [0.4, 0.5) is 5.69 Å². The zero-order chi connectivity index (χ0) is 24.3. The number of ketones is 1. The molecular weight excluding hydrogens is 476 g/mol. The van der Waals surface area contributed by atoms with Crippen molar-refractivity contribution in [2.75, 3.05) is 29.1 Å². The largest absolute Gasteiger partial charge is 0.511 e. The molecule has 0 aromatic heterocycles. The van der Waals surface area contributed by atoms with Gasteiger partial charge >= 0.3 is 0 Å². The molecule has 0 saturated carbocycles. The zero-order valence-corrected chi connectivity index (χ0v) is 21.1. The fourth-order valence-electron chi connectivity index (χ4n) is 3.59. The number of Topliss-reactive ketones (excluding diaryl/α,β-unsaturated/α-hetero) is 1. The Hall–Kier alpha value is -2.05. The molecule has 12 heteroatoms. The number of hydrogen-bond donors (Lipinski definition) is 1. The summed E-state index contributed by atoms with van der Waals surface area (Å²) < 4.78 is 49.5. The van der Waals surface area contributed by atoms with E-state index in [9.17, 15) is 26.7 Å². The smallest absolute Gasteiger partial charge is 0.245 e. The van der Waals surface area contributed by atoms with Crippen LogP contribution in [0.5, 0.6) is 0 Å². The van der Waals surface area contributed by atoms with E-state index in [2.05, 4.69) is 5.16 Å². The van der Waals surface area contributed by atoms with Gasteiger partial charge in [0.15, 0.2) is 5.78 Å². The molecule has 32 heavy (non-hydrogen) atoms. The highest BCUT2D eigenvalue weighted by Gasteiger charge is 2.34. The number of carbonyl (C=O) groups excluding carboxylic acids is 1. The number of hydrogen-bond acceptors (Lipinski definition) is 9. The van der Waals surface area contributed by atoms with Crippen molar-refractivity contribution >= 4 is 49.0 Å². The first-order valence-corrected chi connectivity index (χ1v) is 14.8. The Kier molecular flexibility index (Phi) is 8.40. The highest BCUT2D eigenvalue weighted by Crippen LogP contribution is 2.39. The number of nitrogens with zero attached hydrogens (tertiary/aromatic N) is 2. The number of rotatable bonds is 9. The van der Waals surface area contributed by atoms with Gasteiger partial charge in [-0.1, -0.05) is 18.1 Å². The molecule has 1 aromatic rings. The second-order valence-electron chi connectivity index (χ2n) is 7.31. The minimum Gasteiger partial charge on any atom is -0.511 e. The van der Waals surface area contributed by atoms with Gasteiger partial charge in [-0.3, -0.25) is 4.79 Å². The van der Waals surface area contributed by atoms with E-state index in [0.29, 0.717) is 32.9 Å². The summed E-state index contributed by atoms with van der Waals surface area (Å²) in [5.74, 6) is -0.880. The van der Waals surface area contributed by atoms with Gasteiger partial charge in [0.25, 0.3) is 0 Å². The van der Waals surface area contributed by atoms with Gasteiger partial charge in [0, 0.05) is 17.7 Å². The van der Waals surface area contributed by atoms with E-state index in [1.807, 2.05) is 0 Å². The van der Waals surface area contributed by atoms with Crippen LogP contribution in [0.25, 0.3) is 0 Å². The molecule has 1 aliphatic rings. The summed E-state index contributed by atoms with van der Waals surface area (Å²) in [6.45, 7) is 3.89. The topological polar surface area (TPSA) is 130 Å². The molecule has 2 rings (SSSR count). The molecule has 0 heterocycles. The van der Waals surface area contributed by atoms with E-state index in [-0.39, 0.29) is 35.6 Å². The molecule has 0 fully saturated rings. The van der Waals surface area contributed by atoms with Crippen molar-refractivity contribution in [1.82, 2.24) is 0 Å². The number of anilines is 1. The molecule has 178 valence electrons. The van der Waals surface area contributed by atoms with Crippen molar-refractivity contribution in [3.05, 3.63) is 35.1 Å². The van der Waals surface area contributed by atoms with Crippen molar-refractivity contribution in [1.29, 1.82) is 0 Å². The molecular formula is C20H28N2O7S3. The predicted molar refractivity (Wildman–Crippen MR) is 126 cm³/mol. The lowest BCUT2D eigenvalue weighted by Crippen LogP contribution is -2.35. The molecule has 0 aliphatic heterocycles. The van der Waals surface area contributed by atoms with Gasteiger partial charge in [0.2, 0.25) is 20.0 Å². The Morgan fingerprint density at radius 1 is 1.19 bits per heavy atom. The van der Waals surface area contributed by atoms with Crippen LogP contribution in [0, 0.1) is 0 Å². The van der Waals surface area contributed by atoms with Crippen LogP contribution in [-0.2, 0) is 29.7 Å². The van der Waals surface area contributed by atoms with E-state index in [0.717, 1.165) is 12.5 Å². The average molecular weight is 505 g/mol. The maximum atomic E-state index is 12.9. The molecule has 1 aliphatic carbocycles. The van der Waals surface area contributed by atoms with Crippen molar-refractivity contribution < 1.29 is 31.6 Å². The quantitative estimate of drug-likeness (QED) is 0.308. The number of aliphatic hydroxyl groups excluding tert-OH is 1. The molecule has 9 nitrogen and oxygen atoms in total. The first kappa shape index (κ1) is 26.2. The Bertz CT molecular complexity index is 1120. The minimum absolute atomic E-state index is 0.00568. The molecule has 1 atom stereocenters. The van der Waals surface area contributed by atoms with Crippen molar-refractivity contribution in [2.24, 2.45) is 5.16 Å². The maximum Gasteiger partial charge on any atom is 0.245 e. The predicted octanol–water partition coefficient (Wildman–Crippen LogP) is 3.20. The van der Waals surface area contributed by atoms with Crippen molar-refractivity contribution in [3.63, 3.8) is 0 Å². The van der Waals surface area contributed by atoms with E-state index < -0.39 is 26.0 Å². The van der Waals surface area contributed by atoms with Gasteiger partial charge < -0.3 is 9.94 Å². The Labute approximate surface area is 193 Å². The van der Waals surface area contributed by atoms with Crippen LogP contribution < -0.4 is 3.71 Å². The lowest BCUT2D eigenvalue weighted by Gasteiger charge is -2.27. The molecule has 1 aromatic carbocycles. The van der Waals surface area contributed by atoms with Crippen LogP contribution in [0.15, 0.2) is 39.6 Å². The maximum absolute atomic E-state index is 12.9. The van der Waals surface area contributed by atoms with Gasteiger partial charge in [-0.15, -0.1) is 11.8 Å². The van der Waals surface area contributed by atoms with Gasteiger partial charge in [-0.2, -0.15) is 3.71 Å². The third kappa shape index (κ3) is 5.84. The third-order valence-electron chi connectivity index (χ3n) is 4.84. The number of thioether (sulfide) groups is 1. The first-order valence-electron chi connectivity index (χ1n) is 9.87. The lowest BCUT2D eigenvalue weighted by atomic mass is 9.81. The first-order chi connectivity index (χ1) is 14.8. The molecule has 0 bridgehead atoms. The highest BCUT2D eigenvalue weighted by atomic mass is 32.3. The second kappa shape index (κ2) is 10.3. The third-order valence-corrected chi connectivity index (χ3v) is 8.85. The molecule has 0 saturated heterocycles. The highest BCUT2D eigenvalue weighted by molar-refractivity contribution is 8.09. The SMILES string of the molecule is CCON=C(CC)C1=C(O)CC(c2ccc(SC)c(N(S(C)(=O)=O)S(C)(=O)=O)c2)CC1=O. The average Bonchev–Trinajstić information content (AvgIpc) is 2.67.